The summed E-state index contributed by atoms with van der Waals surface area (Å²) in [5.74, 6) is -0.0576. The Kier molecular flexibility index (Phi) is 8.06. The second kappa shape index (κ2) is 11.0. The van der Waals surface area contributed by atoms with Crippen LogP contribution in [0, 0.1) is 6.92 Å². The summed E-state index contributed by atoms with van der Waals surface area (Å²) in [5.41, 5.74) is 1.92. The average molecular weight is 470 g/mol. The minimum absolute atomic E-state index is 0.0668. The van der Waals surface area contributed by atoms with E-state index >= 15 is 0 Å². The standard InChI is InChI=1S/C25H27NO6S/c1-5-7-17-8-10-18(11-9-17)31-14-19-12-13-20(32-19)23(28)26-24-21(25(29)30-6-2)15(3)22(33-24)16(4)27/h8-13H,5-7,14H2,1-4H3,(H,26,28). The van der Waals surface area contributed by atoms with Gasteiger partial charge in [0.05, 0.1) is 17.0 Å². The van der Waals surface area contributed by atoms with Gasteiger partial charge < -0.3 is 19.2 Å². The molecule has 0 unspecified atom stereocenters. The number of carbonyl (C=O) groups excluding carboxylic acids is 3. The van der Waals surface area contributed by atoms with Gasteiger partial charge in [-0.1, -0.05) is 25.5 Å². The highest BCUT2D eigenvalue weighted by Gasteiger charge is 2.26. The van der Waals surface area contributed by atoms with E-state index in [2.05, 4.69) is 12.2 Å². The van der Waals surface area contributed by atoms with Gasteiger partial charge in [0.1, 0.15) is 23.1 Å². The zero-order valence-corrected chi connectivity index (χ0v) is 20.0. The van der Waals surface area contributed by atoms with Crippen LogP contribution in [0.3, 0.4) is 0 Å². The zero-order chi connectivity index (χ0) is 24.0. The largest absolute Gasteiger partial charge is 0.486 e. The lowest BCUT2D eigenvalue weighted by atomic mass is 10.1. The first-order valence-corrected chi connectivity index (χ1v) is 11.6. The van der Waals surface area contributed by atoms with Crippen LogP contribution in [0.1, 0.15) is 74.7 Å². The molecule has 2 heterocycles. The van der Waals surface area contributed by atoms with Gasteiger partial charge >= 0.3 is 5.97 Å². The van der Waals surface area contributed by atoms with Gasteiger partial charge in [0, 0.05) is 0 Å². The second-order valence-electron chi connectivity index (χ2n) is 7.44. The first-order chi connectivity index (χ1) is 15.8. The van der Waals surface area contributed by atoms with Crippen molar-refractivity contribution < 1.29 is 28.3 Å². The highest BCUT2D eigenvalue weighted by Crippen LogP contribution is 2.34. The third kappa shape index (κ3) is 5.90. The number of anilines is 1. The normalized spacial score (nSPS) is 10.7. The fourth-order valence-electron chi connectivity index (χ4n) is 3.32. The highest BCUT2D eigenvalue weighted by atomic mass is 32.1. The van der Waals surface area contributed by atoms with E-state index in [1.54, 1.807) is 19.9 Å². The number of hydrogen-bond acceptors (Lipinski definition) is 7. The van der Waals surface area contributed by atoms with Crippen molar-refractivity contribution in [1.29, 1.82) is 0 Å². The molecule has 0 radical (unpaired) electrons. The molecular formula is C25H27NO6S. The van der Waals surface area contributed by atoms with Crippen LogP contribution in [0.25, 0.3) is 0 Å². The summed E-state index contributed by atoms with van der Waals surface area (Å²) >= 11 is 1.04. The monoisotopic (exact) mass is 469 g/mol. The maximum absolute atomic E-state index is 12.7. The van der Waals surface area contributed by atoms with Crippen molar-refractivity contribution in [3.8, 4) is 5.75 Å². The molecule has 8 heteroatoms. The number of thiophene rings is 1. The topological polar surface area (TPSA) is 94.8 Å². The van der Waals surface area contributed by atoms with Gasteiger partial charge in [-0.2, -0.15) is 0 Å². The van der Waals surface area contributed by atoms with Crippen LogP contribution >= 0.6 is 11.3 Å². The molecule has 174 valence electrons. The number of hydrogen-bond donors (Lipinski definition) is 1. The van der Waals surface area contributed by atoms with Crippen molar-refractivity contribution >= 4 is 34.0 Å². The van der Waals surface area contributed by atoms with E-state index in [4.69, 9.17) is 13.9 Å². The third-order valence-corrected chi connectivity index (χ3v) is 6.21. The van der Waals surface area contributed by atoms with Gasteiger partial charge in [-0.05, 0) is 62.6 Å². The maximum atomic E-state index is 12.7. The summed E-state index contributed by atoms with van der Waals surface area (Å²) in [6.45, 7) is 7.24. The number of aryl methyl sites for hydroxylation is 1. The van der Waals surface area contributed by atoms with Gasteiger partial charge in [-0.25, -0.2) is 4.79 Å². The number of amides is 1. The summed E-state index contributed by atoms with van der Waals surface area (Å²) < 4.78 is 16.4. The maximum Gasteiger partial charge on any atom is 0.341 e. The molecule has 33 heavy (non-hydrogen) atoms. The smallest absolute Gasteiger partial charge is 0.341 e. The quantitative estimate of drug-likeness (QED) is 0.297. The van der Waals surface area contributed by atoms with Crippen molar-refractivity contribution in [2.24, 2.45) is 0 Å². The number of ketones is 1. The van der Waals surface area contributed by atoms with E-state index in [9.17, 15) is 14.4 Å². The number of esters is 1. The molecule has 0 spiro atoms. The summed E-state index contributed by atoms with van der Waals surface area (Å²) in [6, 6.07) is 11.1. The molecule has 0 atom stereocenters. The number of benzene rings is 1. The van der Waals surface area contributed by atoms with Gasteiger partial charge in [-0.15, -0.1) is 11.3 Å². The Bertz CT molecular complexity index is 1140. The number of furan rings is 1. The second-order valence-corrected chi connectivity index (χ2v) is 8.46. The first kappa shape index (κ1) is 24.3. The van der Waals surface area contributed by atoms with Crippen LogP contribution in [0.4, 0.5) is 5.00 Å². The summed E-state index contributed by atoms with van der Waals surface area (Å²) in [5, 5.41) is 2.93. The van der Waals surface area contributed by atoms with Gasteiger partial charge in [0.2, 0.25) is 0 Å². The van der Waals surface area contributed by atoms with Gasteiger partial charge in [0.25, 0.3) is 5.91 Å². The van der Waals surface area contributed by atoms with Crippen LogP contribution in [0.2, 0.25) is 0 Å². The lowest BCUT2D eigenvalue weighted by Crippen LogP contribution is -2.14. The highest BCUT2D eigenvalue weighted by molar-refractivity contribution is 7.18. The van der Waals surface area contributed by atoms with E-state index in [-0.39, 0.29) is 35.3 Å². The number of Topliss-reactive ketones (excluding diaryl/α,β-unsaturated/α-hetero) is 1. The van der Waals surface area contributed by atoms with Crippen molar-refractivity contribution in [2.75, 3.05) is 11.9 Å². The van der Waals surface area contributed by atoms with E-state index < -0.39 is 11.9 Å². The Hall–Kier alpha value is -3.39. The Balaban J connectivity index is 1.70. The molecule has 0 aliphatic carbocycles. The number of nitrogens with one attached hydrogen (secondary N) is 1. The predicted octanol–water partition coefficient (Wildman–Crippen LogP) is 5.81. The minimum Gasteiger partial charge on any atom is -0.486 e. The molecule has 0 saturated carbocycles. The van der Waals surface area contributed by atoms with Crippen molar-refractivity contribution in [3.05, 3.63) is 69.5 Å². The molecule has 1 amide bonds. The summed E-state index contributed by atoms with van der Waals surface area (Å²) in [4.78, 5) is 37.5. The number of carbonyl (C=O) groups is 3. The fraction of sp³-hybridized carbons (Fsp3) is 0.320. The predicted molar refractivity (Wildman–Crippen MR) is 126 cm³/mol. The van der Waals surface area contributed by atoms with E-state index in [1.165, 1.54) is 18.6 Å². The van der Waals surface area contributed by atoms with Crippen LogP contribution in [-0.4, -0.2) is 24.3 Å². The first-order valence-electron chi connectivity index (χ1n) is 10.8. The molecule has 0 bridgehead atoms. The lowest BCUT2D eigenvalue weighted by molar-refractivity contribution is 0.0527. The summed E-state index contributed by atoms with van der Waals surface area (Å²) in [6.07, 6.45) is 2.10. The Morgan fingerprint density at radius 2 is 1.79 bits per heavy atom. The molecule has 0 fully saturated rings. The average Bonchev–Trinajstić information content (AvgIpc) is 3.38. The molecule has 3 aromatic rings. The summed E-state index contributed by atoms with van der Waals surface area (Å²) in [7, 11) is 0. The molecule has 0 saturated heterocycles. The van der Waals surface area contributed by atoms with Crippen molar-refractivity contribution in [1.82, 2.24) is 0 Å². The number of rotatable bonds is 10. The van der Waals surface area contributed by atoms with Crippen LogP contribution in [0.5, 0.6) is 5.75 Å². The molecule has 2 aromatic heterocycles. The van der Waals surface area contributed by atoms with Crippen LogP contribution in [0.15, 0.2) is 40.8 Å². The minimum atomic E-state index is -0.590. The van der Waals surface area contributed by atoms with Crippen LogP contribution < -0.4 is 10.1 Å². The fourth-order valence-corrected chi connectivity index (χ4v) is 4.41. The molecule has 1 aromatic carbocycles. The third-order valence-electron chi connectivity index (χ3n) is 4.90. The molecule has 3 rings (SSSR count). The van der Waals surface area contributed by atoms with E-state index in [0.717, 1.165) is 24.2 Å². The molecule has 0 aliphatic rings. The Labute approximate surface area is 196 Å². The molecule has 7 nitrogen and oxygen atoms in total. The van der Waals surface area contributed by atoms with Gasteiger partial charge in [0.15, 0.2) is 11.5 Å². The van der Waals surface area contributed by atoms with Crippen molar-refractivity contribution in [2.45, 2.75) is 47.1 Å². The Morgan fingerprint density at radius 1 is 1.06 bits per heavy atom. The lowest BCUT2D eigenvalue weighted by Gasteiger charge is -2.06. The molecular weight excluding hydrogens is 442 g/mol. The zero-order valence-electron chi connectivity index (χ0n) is 19.2. The molecule has 1 N–H and O–H groups in total. The SMILES string of the molecule is CCCc1ccc(OCc2ccc(C(=O)Nc3sc(C(C)=O)c(C)c3C(=O)OCC)o2)cc1. The number of ether oxygens (including phenoxy) is 2. The van der Waals surface area contributed by atoms with E-state index in [0.29, 0.717) is 22.0 Å². The Morgan fingerprint density at radius 3 is 2.42 bits per heavy atom. The van der Waals surface area contributed by atoms with E-state index in [1.807, 2.05) is 24.3 Å². The molecule has 0 aliphatic heterocycles. The van der Waals surface area contributed by atoms with Gasteiger partial charge in [-0.3, -0.25) is 9.59 Å². The van der Waals surface area contributed by atoms with Crippen LogP contribution in [-0.2, 0) is 17.8 Å². The van der Waals surface area contributed by atoms with Crippen molar-refractivity contribution in [3.63, 3.8) is 0 Å².